The molecule has 3 aromatic rings. The van der Waals surface area contributed by atoms with Gasteiger partial charge in [0.1, 0.15) is 0 Å². The van der Waals surface area contributed by atoms with E-state index in [-0.39, 0.29) is 0 Å². The minimum absolute atomic E-state index is 0.968. The van der Waals surface area contributed by atoms with Crippen molar-refractivity contribution in [3.63, 3.8) is 0 Å². The van der Waals surface area contributed by atoms with E-state index in [2.05, 4.69) is 60.6 Å². The van der Waals surface area contributed by atoms with E-state index in [9.17, 15) is 0 Å². The normalized spacial score (nSPS) is 10.9. The Morgan fingerprint density at radius 3 is 2.56 bits per heavy atom. The highest BCUT2D eigenvalue weighted by molar-refractivity contribution is 5.82. The van der Waals surface area contributed by atoms with Crippen molar-refractivity contribution in [2.75, 3.05) is 0 Å². The molecule has 18 heavy (non-hydrogen) atoms. The number of hydrogen-bond donors (Lipinski definition) is 1. The van der Waals surface area contributed by atoms with E-state index in [4.69, 9.17) is 0 Å². The van der Waals surface area contributed by atoms with Crippen LogP contribution in [-0.4, -0.2) is 4.98 Å². The topological polar surface area (TPSA) is 15.8 Å². The highest BCUT2D eigenvalue weighted by atomic mass is 14.7. The second-order valence-electron chi connectivity index (χ2n) is 4.64. The first-order chi connectivity index (χ1) is 8.86. The number of rotatable bonds is 3. The average molecular weight is 234 g/mol. The largest absolute Gasteiger partial charge is 0.353 e. The van der Waals surface area contributed by atoms with Gasteiger partial charge in [-0.15, -0.1) is 0 Å². The zero-order valence-corrected chi connectivity index (χ0v) is 10.5. The van der Waals surface area contributed by atoms with E-state index < -0.39 is 0 Å². The SMILES string of the molecule is CCc1ccc(Cc2cccc3c[c][nH]c23)cc1. The van der Waals surface area contributed by atoms with Gasteiger partial charge >= 0.3 is 0 Å². The van der Waals surface area contributed by atoms with Crippen LogP contribution in [-0.2, 0) is 12.8 Å². The summed E-state index contributed by atoms with van der Waals surface area (Å²) < 4.78 is 0. The second kappa shape index (κ2) is 4.69. The van der Waals surface area contributed by atoms with Gasteiger partial charge in [-0.3, -0.25) is 0 Å². The zero-order valence-electron chi connectivity index (χ0n) is 10.5. The van der Waals surface area contributed by atoms with Gasteiger partial charge in [0.2, 0.25) is 0 Å². The lowest BCUT2D eigenvalue weighted by Crippen LogP contribution is -1.90. The van der Waals surface area contributed by atoms with E-state index in [0.717, 1.165) is 12.8 Å². The maximum atomic E-state index is 3.21. The fraction of sp³-hybridized carbons (Fsp3) is 0.176. The number of fused-ring (bicyclic) bond motifs is 1. The molecule has 1 N–H and O–H groups in total. The second-order valence-corrected chi connectivity index (χ2v) is 4.64. The molecule has 2 aromatic carbocycles. The number of hydrogen-bond acceptors (Lipinski definition) is 0. The van der Waals surface area contributed by atoms with Gasteiger partial charge in [-0.1, -0.05) is 49.4 Å². The smallest absolute Gasteiger partial charge is 0.0630 e. The van der Waals surface area contributed by atoms with Crippen molar-refractivity contribution in [3.05, 3.63) is 71.4 Å². The lowest BCUT2D eigenvalue weighted by molar-refractivity contribution is 1.12. The minimum Gasteiger partial charge on any atom is -0.353 e. The molecule has 0 aliphatic carbocycles. The van der Waals surface area contributed by atoms with E-state index in [1.54, 1.807) is 0 Å². The van der Waals surface area contributed by atoms with Gasteiger partial charge in [0.25, 0.3) is 0 Å². The Morgan fingerprint density at radius 2 is 1.78 bits per heavy atom. The number of H-pyrrole nitrogens is 1. The van der Waals surface area contributed by atoms with Gasteiger partial charge in [0.05, 0.1) is 6.20 Å². The third-order valence-corrected chi connectivity index (χ3v) is 3.43. The monoisotopic (exact) mass is 234 g/mol. The Morgan fingerprint density at radius 1 is 1.00 bits per heavy atom. The van der Waals surface area contributed by atoms with Crippen LogP contribution in [0.5, 0.6) is 0 Å². The molecule has 1 radical (unpaired) electrons. The molecule has 3 rings (SSSR count). The Bertz CT molecular complexity index is 647. The standard InChI is InChI=1S/C17H16N/c1-2-13-6-8-14(9-7-13)12-16-5-3-4-15-10-11-18-17(15)16/h3-10,18H,2,12H2,1H3. The fourth-order valence-corrected chi connectivity index (χ4v) is 2.34. The summed E-state index contributed by atoms with van der Waals surface area (Å²) in [5.41, 5.74) is 5.29. The fourth-order valence-electron chi connectivity index (χ4n) is 2.34. The quantitative estimate of drug-likeness (QED) is 0.701. The van der Waals surface area contributed by atoms with Crippen LogP contribution in [0.15, 0.2) is 48.5 Å². The lowest BCUT2D eigenvalue weighted by Gasteiger charge is -2.05. The molecule has 1 aromatic heterocycles. The molecular formula is C17H16N. The predicted octanol–water partition coefficient (Wildman–Crippen LogP) is 4.12. The summed E-state index contributed by atoms with van der Waals surface area (Å²) in [5.74, 6) is 0. The van der Waals surface area contributed by atoms with E-state index in [1.807, 2.05) is 6.07 Å². The van der Waals surface area contributed by atoms with Gasteiger partial charge in [-0.05, 0) is 35.6 Å². The predicted molar refractivity (Wildman–Crippen MR) is 75.8 cm³/mol. The molecule has 0 atom stereocenters. The minimum atomic E-state index is 0.968. The van der Waals surface area contributed by atoms with Gasteiger partial charge in [0, 0.05) is 10.9 Å². The van der Waals surface area contributed by atoms with E-state index >= 15 is 0 Å². The van der Waals surface area contributed by atoms with Gasteiger partial charge < -0.3 is 4.98 Å². The maximum Gasteiger partial charge on any atom is 0.0630 e. The molecular weight excluding hydrogens is 218 g/mol. The summed E-state index contributed by atoms with van der Waals surface area (Å²) in [7, 11) is 0. The summed E-state index contributed by atoms with van der Waals surface area (Å²) in [6, 6.07) is 17.3. The first kappa shape index (κ1) is 11.1. The molecule has 0 spiro atoms. The Hall–Kier alpha value is -2.02. The molecule has 0 aliphatic rings. The molecule has 0 amide bonds. The van der Waals surface area contributed by atoms with Crippen LogP contribution < -0.4 is 0 Å². The molecule has 0 fully saturated rings. The van der Waals surface area contributed by atoms with Crippen LogP contribution in [0.2, 0.25) is 0 Å². The summed E-state index contributed by atoms with van der Waals surface area (Å²) in [5, 5.41) is 1.23. The first-order valence-electron chi connectivity index (χ1n) is 6.41. The van der Waals surface area contributed by atoms with Crippen molar-refractivity contribution in [1.82, 2.24) is 4.98 Å². The third-order valence-electron chi connectivity index (χ3n) is 3.43. The maximum absolute atomic E-state index is 3.21. The number of aryl methyl sites for hydroxylation is 1. The number of nitrogens with one attached hydrogen (secondary N) is 1. The summed E-state index contributed by atoms with van der Waals surface area (Å²) in [6.45, 7) is 2.19. The summed E-state index contributed by atoms with van der Waals surface area (Å²) in [6.07, 6.45) is 5.12. The van der Waals surface area contributed by atoms with Crippen LogP contribution in [0.4, 0.5) is 0 Å². The third kappa shape index (κ3) is 2.04. The Balaban J connectivity index is 1.93. The molecule has 0 unspecified atom stereocenters. The van der Waals surface area contributed by atoms with Gasteiger partial charge in [-0.2, -0.15) is 0 Å². The Labute approximate surface area is 107 Å². The average Bonchev–Trinajstić information content (AvgIpc) is 2.89. The highest BCUT2D eigenvalue weighted by Crippen LogP contribution is 2.20. The van der Waals surface area contributed by atoms with Gasteiger partial charge in [0.15, 0.2) is 0 Å². The number of benzene rings is 2. The van der Waals surface area contributed by atoms with Crippen molar-refractivity contribution in [3.8, 4) is 0 Å². The number of aromatic amines is 1. The number of aromatic nitrogens is 1. The zero-order chi connectivity index (χ0) is 12.4. The highest BCUT2D eigenvalue weighted by Gasteiger charge is 2.03. The molecule has 1 nitrogen and oxygen atoms in total. The molecule has 0 saturated carbocycles. The molecule has 1 heterocycles. The summed E-state index contributed by atoms with van der Waals surface area (Å²) >= 11 is 0. The van der Waals surface area contributed by atoms with Crippen molar-refractivity contribution in [1.29, 1.82) is 0 Å². The van der Waals surface area contributed by atoms with Crippen molar-refractivity contribution in [2.45, 2.75) is 19.8 Å². The van der Waals surface area contributed by atoms with Crippen LogP contribution in [0.3, 0.4) is 0 Å². The lowest BCUT2D eigenvalue weighted by atomic mass is 10.0. The van der Waals surface area contributed by atoms with Gasteiger partial charge in [-0.25, -0.2) is 0 Å². The Kier molecular flexibility index (Phi) is 2.89. The molecule has 89 valence electrons. The van der Waals surface area contributed by atoms with Crippen LogP contribution >= 0.6 is 0 Å². The summed E-state index contributed by atoms with van der Waals surface area (Å²) in [4.78, 5) is 3.21. The van der Waals surface area contributed by atoms with Crippen molar-refractivity contribution >= 4 is 10.9 Å². The first-order valence-corrected chi connectivity index (χ1v) is 6.41. The van der Waals surface area contributed by atoms with Crippen LogP contribution in [0.25, 0.3) is 10.9 Å². The van der Waals surface area contributed by atoms with Crippen molar-refractivity contribution in [2.24, 2.45) is 0 Å². The molecule has 0 saturated heterocycles. The molecule has 0 bridgehead atoms. The van der Waals surface area contributed by atoms with Crippen LogP contribution in [0.1, 0.15) is 23.6 Å². The van der Waals surface area contributed by atoms with E-state index in [1.165, 1.54) is 27.6 Å². The molecule has 1 heteroatoms. The van der Waals surface area contributed by atoms with E-state index in [0.29, 0.717) is 0 Å². The molecule has 0 aliphatic heterocycles. The van der Waals surface area contributed by atoms with Crippen molar-refractivity contribution < 1.29 is 0 Å². The van der Waals surface area contributed by atoms with Crippen LogP contribution in [0, 0.1) is 6.20 Å². The number of para-hydroxylation sites is 1.